The van der Waals surface area contributed by atoms with Gasteiger partial charge >= 0.3 is 6.18 Å². The van der Waals surface area contributed by atoms with E-state index < -0.39 is 12.1 Å². The van der Waals surface area contributed by atoms with Crippen molar-refractivity contribution >= 4 is 0 Å². The minimum absolute atomic E-state index is 0.0534. The van der Waals surface area contributed by atoms with E-state index in [4.69, 9.17) is 5.73 Å². The first-order valence-corrected chi connectivity index (χ1v) is 6.63. The number of fused-ring (bicyclic) bond motifs is 1. The molecule has 108 valence electrons. The third-order valence-electron chi connectivity index (χ3n) is 3.87. The van der Waals surface area contributed by atoms with Gasteiger partial charge in [0.05, 0.1) is 5.92 Å². The lowest BCUT2D eigenvalue weighted by Gasteiger charge is -2.26. The molecule has 0 aliphatic carbocycles. The van der Waals surface area contributed by atoms with Gasteiger partial charge in [-0.25, -0.2) is 0 Å². The van der Waals surface area contributed by atoms with E-state index in [0.29, 0.717) is 31.0 Å². The van der Waals surface area contributed by atoms with Gasteiger partial charge in [-0.3, -0.25) is 0 Å². The average Bonchev–Trinajstić information content (AvgIpc) is 2.77. The molecule has 1 aromatic rings. The molecule has 19 heavy (non-hydrogen) atoms. The van der Waals surface area contributed by atoms with Crippen molar-refractivity contribution in [2.45, 2.75) is 45.3 Å². The Morgan fingerprint density at radius 1 is 1.42 bits per heavy atom. The highest BCUT2D eigenvalue weighted by Crippen LogP contribution is 2.34. The lowest BCUT2D eigenvalue weighted by Crippen LogP contribution is -2.33. The van der Waals surface area contributed by atoms with E-state index in [1.165, 1.54) is 0 Å². The van der Waals surface area contributed by atoms with E-state index >= 15 is 0 Å². The monoisotopic (exact) mass is 276 g/mol. The second kappa shape index (κ2) is 5.48. The van der Waals surface area contributed by atoms with Crippen molar-refractivity contribution in [3.05, 3.63) is 11.6 Å². The second-order valence-corrected chi connectivity index (χ2v) is 5.13. The van der Waals surface area contributed by atoms with Crippen molar-refractivity contribution in [3.63, 3.8) is 0 Å². The number of hydrogen-bond acceptors (Lipinski definition) is 3. The molecule has 2 heterocycles. The number of hydrogen-bond donors (Lipinski definition) is 1. The molecule has 0 bridgehead atoms. The van der Waals surface area contributed by atoms with Crippen molar-refractivity contribution in [2.75, 3.05) is 6.54 Å². The Bertz CT molecular complexity index is 423. The highest BCUT2D eigenvalue weighted by Gasteiger charge is 2.42. The van der Waals surface area contributed by atoms with Crippen molar-refractivity contribution in [2.24, 2.45) is 17.6 Å². The number of nitrogens with zero attached hydrogens (tertiary/aromatic N) is 3. The van der Waals surface area contributed by atoms with E-state index in [2.05, 4.69) is 10.2 Å². The summed E-state index contributed by atoms with van der Waals surface area (Å²) in [5.41, 5.74) is 5.64. The fraction of sp³-hybridized carbons (Fsp3) is 0.833. The number of nitrogens with two attached hydrogens (primary N) is 1. The SMILES string of the molecule is CCC(CN)Cc1nnc2n1CC(C(F)(F)F)CC2. The second-order valence-electron chi connectivity index (χ2n) is 5.13. The van der Waals surface area contributed by atoms with Crippen LogP contribution in [0.25, 0.3) is 0 Å². The predicted molar refractivity (Wildman–Crippen MR) is 64.4 cm³/mol. The van der Waals surface area contributed by atoms with Gasteiger partial charge in [-0.15, -0.1) is 10.2 Å². The Balaban J connectivity index is 2.16. The van der Waals surface area contributed by atoms with Crippen LogP contribution in [0.1, 0.15) is 31.4 Å². The third-order valence-corrected chi connectivity index (χ3v) is 3.87. The van der Waals surface area contributed by atoms with Gasteiger partial charge < -0.3 is 10.3 Å². The standard InChI is InChI=1S/C12H19F3N4/c1-2-8(6-16)5-11-18-17-10-4-3-9(7-19(10)11)12(13,14)15/h8-9H,2-7,16H2,1H3. The Morgan fingerprint density at radius 3 is 2.74 bits per heavy atom. The molecule has 0 amide bonds. The van der Waals surface area contributed by atoms with Crippen LogP contribution in [-0.4, -0.2) is 27.5 Å². The van der Waals surface area contributed by atoms with Gasteiger partial charge in [0.2, 0.25) is 0 Å². The molecule has 7 heteroatoms. The van der Waals surface area contributed by atoms with Gasteiger partial charge in [0, 0.05) is 19.4 Å². The quantitative estimate of drug-likeness (QED) is 0.914. The van der Waals surface area contributed by atoms with Crippen LogP contribution in [0.4, 0.5) is 13.2 Å². The van der Waals surface area contributed by atoms with E-state index in [1.54, 1.807) is 4.57 Å². The van der Waals surface area contributed by atoms with Crippen LogP contribution in [-0.2, 0) is 19.4 Å². The summed E-state index contributed by atoms with van der Waals surface area (Å²) in [5.74, 6) is 0.274. The van der Waals surface area contributed by atoms with E-state index in [1.807, 2.05) is 6.92 Å². The van der Waals surface area contributed by atoms with Gasteiger partial charge in [-0.1, -0.05) is 13.3 Å². The highest BCUT2D eigenvalue weighted by atomic mass is 19.4. The molecule has 2 rings (SSSR count). The largest absolute Gasteiger partial charge is 0.393 e. The van der Waals surface area contributed by atoms with Crippen LogP contribution in [0.2, 0.25) is 0 Å². The molecule has 2 N–H and O–H groups in total. The van der Waals surface area contributed by atoms with Gasteiger partial charge in [0.1, 0.15) is 11.6 Å². The van der Waals surface area contributed by atoms with E-state index in [0.717, 1.165) is 6.42 Å². The zero-order valence-electron chi connectivity index (χ0n) is 11.0. The Morgan fingerprint density at radius 2 is 2.16 bits per heavy atom. The van der Waals surface area contributed by atoms with Crippen molar-refractivity contribution < 1.29 is 13.2 Å². The van der Waals surface area contributed by atoms with Crippen LogP contribution in [0.3, 0.4) is 0 Å². The van der Waals surface area contributed by atoms with Crippen LogP contribution >= 0.6 is 0 Å². The highest BCUT2D eigenvalue weighted by molar-refractivity contribution is 5.02. The summed E-state index contributed by atoms with van der Waals surface area (Å²) in [5, 5.41) is 8.04. The number of alkyl halides is 3. The normalized spacial score (nSPS) is 21.2. The van der Waals surface area contributed by atoms with Gasteiger partial charge in [0.25, 0.3) is 0 Å². The predicted octanol–water partition coefficient (Wildman–Crippen LogP) is 1.93. The van der Waals surface area contributed by atoms with E-state index in [-0.39, 0.29) is 18.9 Å². The smallest absolute Gasteiger partial charge is 0.330 e. The molecule has 0 radical (unpaired) electrons. The summed E-state index contributed by atoms with van der Waals surface area (Å²) in [7, 11) is 0. The average molecular weight is 276 g/mol. The number of rotatable bonds is 4. The maximum atomic E-state index is 12.8. The maximum Gasteiger partial charge on any atom is 0.393 e. The topological polar surface area (TPSA) is 56.7 Å². The van der Waals surface area contributed by atoms with Gasteiger partial charge in [-0.2, -0.15) is 13.2 Å². The molecule has 1 aliphatic rings. The molecular weight excluding hydrogens is 257 g/mol. The summed E-state index contributed by atoms with van der Waals surface area (Å²) in [4.78, 5) is 0. The molecule has 0 aromatic carbocycles. The number of halogens is 3. The van der Waals surface area contributed by atoms with Crippen molar-refractivity contribution in [1.82, 2.24) is 14.8 Å². The summed E-state index contributed by atoms with van der Waals surface area (Å²) in [6, 6.07) is 0. The van der Waals surface area contributed by atoms with Crippen molar-refractivity contribution in [3.8, 4) is 0 Å². The fourth-order valence-corrected chi connectivity index (χ4v) is 2.45. The number of aryl methyl sites for hydroxylation is 1. The van der Waals surface area contributed by atoms with Crippen LogP contribution < -0.4 is 5.73 Å². The molecule has 0 fully saturated rings. The first-order valence-electron chi connectivity index (χ1n) is 6.63. The van der Waals surface area contributed by atoms with Gasteiger partial charge in [0.15, 0.2) is 0 Å². The van der Waals surface area contributed by atoms with Crippen LogP contribution in [0.15, 0.2) is 0 Å². The lowest BCUT2D eigenvalue weighted by atomic mass is 9.97. The molecule has 0 spiro atoms. The number of aromatic nitrogens is 3. The molecule has 2 unspecified atom stereocenters. The minimum Gasteiger partial charge on any atom is -0.330 e. The maximum absolute atomic E-state index is 12.8. The Kier molecular flexibility index (Phi) is 4.13. The molecule has 4 nitrogen and oxygen atoms in total. The van der Waals surface area contributed by atoms with Crippen LogP contribution in [0, 0.1) is 11.8 Å². The zero-order valence-corrected chi connectivity index (χ0v) is 11.0. The summed E-state index contributed by atoms with van der Waals surface area (Å²) in [6.07, 6.45) is -2.20. The third kappa shape index (κ3) is 3.08. The lowest BCUT2D eigenvalue weighted by molar-refractivity contribution is -0.182. The molecule has 0 saturated carbocycles. The summed E-state index contributed by atoms with van der Waals surface area (Å²) >= 11 is 0. The fourth-order valence-electron chi connectivity index (χ4n) is 2.45. The Hall–Kier alpha value is -1.11. The van der Waals surface area contributed by atoms with Crippen molar-refractivity contribution in [1.29, 1.82) is 0 Å². The molecule has 2 atom stereocenters. The first kappa shape index (κ1) is 14.3. The summed E-state index contributed by atoms with van der Waals surface area (Å²) < 4.78 is 40.0. The zero-order chi connectivity index (χ0) is 14.0. The van der Waals surface area contributed by atoms with E-state index in [9.17, 15) is 13.2 Å². The molecule has 1 aliphatic heterocycles. The first-order chi connectivity index (χ1) is 8.95. The summed E-state index contributed by atoms with van der Waals surface area (Å²) in [6.45, 7) is 2.48. The minimum atomic E-state index is -4.14. The molecule has 1 aromatic heterocycles. The van der Waals surface area contributed by atoms with Crippen LogP contribution in [0.5, 0.6) is 0 Å². The Labute approximate surface area is 110 Å². The van der Waals surface area contributed by atoms with Gasteiger partial charge in [-0.05, 0) is 18.9 Å². The molecular formula is C12H19F3N4. The molecule has 0 saturated heterocycles.